The maximum absolute atomic E-state index is 13.1. The SMILES string of the molecule is CCCCOc1ccc(-c2cc3c4nnc(SCc5ccc(F)cc5)n4ccn3n2)cc1. The Balaban J connectivity index is 1.38. The molecule has 0 saturated heterocycles. The molecule has 6 nitrogen and oxygen atoms in total. The Morgan fingerprint density at radius 3 is 2.59 bits per heavy atom. The van der Waals surface area contributed by atoms with Crippen LogP contribution in [0.25, 0.3) is 22.4 Å². The van der Waals surface area contributed by atoms with E-state index in [4.69, 9.17) is 9.84 Å². The molecule has 3 heterocycles. The van der Waals surface area contributed by atoms with E-state index in [1.807, 2.05) is 51.6 Å². The van der Waals surface area contributed by atoms with Crippen molar-refractivity contribution in [3.63, 3.8) is 0 Å². The Hall–Kier alpha value is -3.39. The first kappa shape index (κ1) is 20.5. The molecule has 0 aliphatic rings. The van der Waals surface area contributed by atoms with E-state index in [2.05, 4.69) is 17.1 Å². The molecule has 0 aliphatic carbocycles. The van der Waals surface area contributed by atoms with Crippen LogP contribution in [0, 0.1) is 5.82 Å². The molecule has 0 fully saturated rings. The molecule has 0 amide bonds. The Bertz CT molecular complexity index is 1350. The van der Waals surface area contributed by atoms with Crippen LogP contribution in [0.4, 0.5) is 4.39 Å². The van der Waals surface area contributed by atoms with E-state index < -0.39 is 0 Å². The van der Waals surface area contributed by atoms with Crippen molar-refractivity contribution in [2.45, 2.75) is 30.7 Å². The first-order valence-corrected chi connectivity index (χ1v) is 11.5. The van der Waals surface area contributed by atoms with Crippen molar-refractivity contribution >= 4 is 22.9 Å². The molecule has 0 aliphatic heterocycles. The number of rotatable bonds is 8. The third kappa shape index (κ3) is 4.18. The molecular weight excluding hydrogens is 425 g/mol. The zero-order valence-electron chi connectivity index (χ0n) is 17.6. The van der Waals surface area contributed by atoms with Crippen molar-refractivity contribution in [3.8, 4) is 17.0 Å². The topological polar surface area (TPSA) is 56.7 Å². The number of aromatic nitrogens is 5. The Morgan fingerprint density at radius 2 is 1.81 bits per heavy atom. The summed E-state index contributed by atoms with van der Waals surface area (Å²) in [6.45, 7) is 2.88. The normalized spacial score (nSPS) is 11.4. The van der Waals surface area contributed by atoms with Crippen LogP contribution >= 0.6 is 11.8 Å². The van der Waals surface area contributed by atoms with Gasteiger partial charge in [-0.15, -0.1) is 10.2 Å². The maximum atomic E-state index is 13.1. The fourth-order valence-corrected chi connectivity index (χ4v) is 4.29. The number of nitrogens with zero attached hydrogens (tertiary/aromatic N) is 5. The minimum Gasteiger partial charge on any atom is -0.494 e. The molecule has 3 aromatic heterocycles. The zero-order chi connectivity index (χ0) is 21.9. The molecule has 5 aromatic rings. The summed E-state index contributed by atoms with van der Waals surface area (Å²) in [5.41, 5.74) is 4.53. The van der Waals surface area contributed by atoms with E-state index in [9.17, 15) is 4.39 Å². The van der Waals surface area contributed by atoms with Crippen LogP contribution in [0.3, 0.4) is 0 Å². The highest BCUT2D eigenvalue weighted by molar-refractivity contribution is 7.98. The number of benzene rings is 2. The molecule has 0 atom stereocenters. The second-order valence-electron chi connectivity index (χ2n) is 7.48. The van der Waals surface area contributed by atoms with Gasteiger partial charge >= 0.3 is 0 Å². The fourth-order valence-electron chi connectivity index (χ4n) is 3.42. The van der Waals surface area contributed by atoms with Gasteiger partial charge in [-0.2, -0.15) is 5.10 Å². The first-order chi connectivity index (χ1) is 15.7. The molecule has 0 radical (unpaired) electrons. The van der Waals surface area contributed by atoms with Gasteiger partial charge in [-0.3, -0.25) is 4.40 Å². The lowest BCUT2D eigenvalue weighted by molar-refractivity contribution is 0.309. The van der Waals surface area contributed by atoms with Gasteiger partial charge in [-0.05, 0) is 54.4 Å². The second-order valence-corrected chi connectivity index (χ2v) is 8.42. The third-order valence-electron chi connectivity index (χ3n) is 5.18. The van der Waals surface area contributed by atoms with Crippen LogP contribution in [-0.2, 0) is 5.75 Å². The molecule has 162 valence electrons. The monoisotopic (exact) mass is 447 g/mol. The van der Waals surface area contributed by atoms with Gasteiger partial charge in [0.05, 0.1) is 12.3 Å². The third-order valence-corrected chi connectivity index (χ3v) is 6.20. The van der Waals surface area contributed by atoms with Crippen LogP contribution in [0.2, 0.25) is 0 Å². The van der Waals surface area contributed by atoms with Gasteiger partial charge in [0, 0.05) is 23.7 Å². The summed E-state index contributed by atoms with van der Waals surface area (Å²) < 4.78 is 22.6. The van der Waals surface area contributed by atoms with E-state index in [1.165, 1.54) is 12.1 Å². The number of unbranched alkanes of at least 4 members (excludes halogenated alkanes) is 1. The van der Waals surface area contributed by atoms with Crippen molar-refractivity contribution in [1.29, 1.82) is 0 Å². The standard InChI is InChI=1S/C24H22FN5OS/c1-2-3-14-31-20-10-6-18(7-11-20)21-15-22-23-26-27-24(29(23)12-13-30(22)28-21)32-16-17-4-8-19(25)9-5-17/h4-13,15H,2-3,14,16H2,1H3. The average molecular weight is 448 g/mol. The van der Waals surface area contributed by atoms with Gasteiger partial charge < -0.3 is 4.74 Å². The van der Waals surface area contributed by atoms with Crippen LogP contribution in [0.5, 0.6) is 5.75 Å². The summed E-state index contributed by atoms with van der Waals surface area (Å²) >= 11 is 1.56. The van der Waals surface area contributed by atoms with Crippen molar-refractivity contribution in [2.24, 2.45) is 0 Å². The smallest absolute Gasteiger partial charge is 0.196 e. The molecule has 32 heavy (non-hydrogen) atoms. The lowest BCUT2D eigenvalue weighted by atomic mass is 10.1. The van der Waals surface area contributed by atoms with Crippen LogP contribution in [-0.4, -0.2) is 30.8 Å². The van der Waals surface area contributed by atoms with Gasteiger partial charge in [-0.25, -0.2) is 8.91 Å². The van der Waals surface area contributed by atoms with Crippen LogP contribution < -0.4 is 4.74 Å². The van der Waals surface area contributed by atoms with Crippen molar-refractivity contribution < 1.29 is 9.13 Å². The number of hydrogen-bond acceptors (Lipinski definition) is 5. The Labute approximate surface area is 189 Å². The fraction of sp³-hybridized carbons (Fsp3) is 0.208. The summed E-state index contributed by atoms with van der Waals surface area (Å²) in [6, 6.07) is 16.5. The highest BCUT2D eigenvalue weighted by Crippen LogP contribution is 2.27. The van der Waals surface area contributed by atoms with Crippen LogP contribution in [0.1, 0.15) is 25.3 Å². The lowest BCUT2D eigenvalue weighted by Crippen LogP contribution is -1.96. The molecule has 0 N–H and O–H groups in total. The summed E-state index contributed by atoms with van der Waals surface area (Å²) in [6.07, 6.45) is 5.98. The first-order valence-electron chi connectivity index (χ1n) is 10.5. The molecule has 2 aromatic carbocycles. The number of ether oxygens (including phenoxy) is 1. The van der Waals surface area contributed by atoms with Gasteiger partial charge in [0.1, 0.15) is 17.1 Å². The largest absolute Gasteiger partial charge is 0.494 e. The molecule has 5 rings (SSSR count). The number of hydrogen-bond donors (Lipinski definition) is 0. The summed E-state index contributed by atoms with van der Waals surface area (Å²) in [7, 11) is 0. The van der Waals surface area contributed by atoms with Gasteiger partial charge in [0.2, 0.25) is 0 Å². The molecule has 0 saturated carbocycles. The Morgan fingerprint density at radius 1 is 1.00 bits per heavy atom. The van der Waals surface area contributed by atoms with E-state index in [0.29, 0.717) is 5.75 Å². The number of thioether (sulfide) groups is 1. The van der Waals surface area contributed by atoms with Gasteiger partial charge in [0.25, 0.3) is 0 Å². The van der Waals surface area contributed by atoms with Crippen molar-refractivity contribution in [1.82, 2.24) is 24.2 Å². The van der Waals surface area contributed by atoms with Crippen molar-refractivity contribution in [3.05, 3.63) is 78.4 Å². The van der Waals surface area contributed by atoms with Gasteiger partial charge in [-0.1, -0.05) is 37.2 Å². The average Bonchev–Trinajstić information content (AvgIpc) is 3.43. The number of halogens is 1. The van der Waals surface area contributed by atoms with E-state index in [0.717, 1.165) is 58.3 Å². The minimum absolute atomic E-state index is 0.232. The highest BCUT2D eigenvalue weighted by Gasteiger charge is 2.13. The maximum Gasteiger partial charge on any atom is 0.196 e. The predicted molar refractivity (Wildman–Crippen MR) is 124 cm³/mol. The zero-order valence-corrected chi connectivity index (χ0v) is 18.4. The van der Waals surface area contributed by atoms with E-state index >= 15 is 0 Å². The molecule has 0 unspecified atom stereocenters. The quantitative estimate of drug-likeness (QED) is 0.227. The second kappa shape index (κ2) is 9.00. The predicted octanol–water partition coefficient (Wildman–Crippen LogP) is 5.65. The minimum atomic E-state index is -0.232. The molecule has 0 spiro atoms. The Kier molecular flexibility index (Phi) is 5.77. The molecular formula is C24H22FN5OS. The number of fused-ring (bicyclic) bond motifs is 3. The lowest BCUT2D eigenvalue weighted by Gasteiger charge is -2.05. The molecule has 0 bridgehead atoms. The summed E-state index contributed by atoms with van der Waals surface area (Å²) in [4.78, 5) is 0. The van der Waals surface area contributed by atoms with E-state index in [1.54, 1.807) is 23.9 Å². The summed E-state index contributed by atoms with van der Waals surface area (Å²) in [5, 5.41) is 14.2. The van der Waals surface area contributed by atoms with Gasteiger partial charge in [0.15, 0.2) is 10.8 Å². The highest BCUT2D eigenvalue weighted by atomic mass is 32.2. The van der Waals surface area contributed by atoms with Crippen molar-refractivity contribution in [2.75, 3.05) is 6.61 Å². The van der Waals surface area contributed by atoms with Crippen LogP contribution in [0.15, 0.2) is 72.1 Å². The summed E-state index contributed by atoms with van der Waals surface area (Å²) in [5.74, 6) is 1.32. The van der Waals surface area contributed by atoms with E-state index in [-0.39, 0.29) is 5.82 Å². The molecule has 8 heteroatoms.